The van der Waals surface area contributed by atoms with E-state index in [-0.39, 0.29) is 10.7 Å². The van der Waals surface area contributed by atoms with Gasteiger partial charge in [-0.05, 0) is 12.1 Å². The maximum absolute atomic E-state index is 10.6. The van der Waals surface area contributed by atoms with E-state index in [0.29, 0.717) is 10.9 Å². The van der Waals surface area contributed by atoms with Gasteiger partial charge in [-0.3, -0.25) is 15.2 Å². The number of nitrogens with zero attached hydrogens (tertiary/aromatic N) is 2. The fourth-order valence-corrected chi connectivity index (χ4v) is 1.38. The Balaban J connectivity index is 2.88. The minimum absolute atomic E-state index is 0.113. The quantitative estimate of drug-likeness (QED) is 0.562. The third-order valence-corrected chi connectivity index (χ3v) is 2.03. The van der Waals surface area contributed by atoms with Crippen LogP contribution in [0.3, 0.4) is 0 Å². The van der Waals surface area contributed by atoms with Crippen LogP contribution in [0.15, 0.2) is 18.3 Å². The molecule has 0 aliphatic rings. The van der Waals surface area contributed by atoms with E-state index in [1.165, 1.54) is 12.3 Å². The van der Waals surface area contributed by atoms with Crippen molar-refractivity contribution in [2.24, 2.45) is 0 Å². The van der Waals surface area contributed by atoms with Crippen LogP contribution < -0.4 is 0 Å². The van der Waals surface area contributed by atoms with Gasteiger partial charge in [-0.1, -0.05) is 11.6 Å². The number of benzene rings is 1. The van der Waals surface area contributed by atoms with Gasteiger partial charge < -0.3 is 0 Å². The maximum atomic E-state index is 10.6. The van der Waals surface area contributed by atoms with E-state index in [0.717, 1.165) is 0 Å². The molecule has 0 bridgehead atoms. The van der Waals surface area contributed by atoms with Crippen LogP contribution in [0.5, 0.6) is 0 Å². The Hall–Kier alpha value is -1.62. The molecule has 1 N–H and O–H groups in total. The number of nitrogens with one attached hydrogen (secondary N) is 1. The lowest BCUT2D eigenvalue weighted by Crippen LogP contribution is -1.90. The van der Waals surface area contributed by atoms with Gasteiger partial charge in [0.25, 0.3) is 0 Å². The summed E-state index contributed by atoms with van der Waals surface area (Å²) in [6, 6.07) is 3.16. The largest absolute Gasteiger partial charge is 0.313 e. The summed E-state index contributed by atoms with van der Waals surface area (Å²) in [5.41, 5.74) is 0.231. The second-order valence-electron chi connectivity index (χ2n) is 2.49. The van der Waals surface area contributed by atoms with Gasteiger partial charge >= 0.3 is 5.69 Å². The first-order valence-corrected chi connectivity index (χ1v) is 3.84. The highest BCUT2D eigenvalue weighted by atomic mass is 35.5. The predicted molar refractivity (Wildman–Crippen MR) is 47.8 cm³/mol. The highest BCUT2D eigenvalue weighted by molar-refractivity contribution is 6.33. The molecule has 0 spiro atoms. The van der Waals surface area contributed by atoms with Crippen LogP contribution in [0.2, 0.25) is 5.02 Å². The minimum Gasteiger partial charge on any atom is -0.271 e. The van der Waals surface area contributed by atoms with Crippen molar-refractivity contribution < 1.29 is 4.92 Å². The van der Waals surface area contributed by atoms with Crippen LogP contribution in [0.4, 0.5) is 5.69 Å². The number of hydrogen-bond donors (Lipinski definition) is 1. The molecule has 0 aliphatic heterocycles. The minimum atomic E-state index is -0.525. The molecule has 5 nitrogen and oxygen atoms in total. The molecule has 0 radical (unpaired) electrons. The molecule has 2 aromatic rings. The van der Waals surface area contributed by atoms with Gasteiger partial charge in [-0.25, -0.2) is 0 Å². The van der Waals surface area contributed by atoms with Crippen molar-refractivity contribution in [3.8, 4) is 0 Å². The first-order valence-electron chi connectivity index (χ1n) is 3.46. The summed E-state index contributed by atoms with van der Waals surface area (Å²) >= 11 is 5.67. The number of nitro benzene ring substituents is 1. The Labute approximate surface area is 77.5 Å². The monoisotopic (exact) mass is 197 g/mol. The van der Waals surface area contributed by atoms with E-state index in [4.69, 9.17) is 11.6 Å². The molecule has 0 unspecified atom stereocenters. The lowest BCUT2D eigenvalue weighted by Gasteiger charge is -1.94. The molecule has 6 heteroatoms. The Kier molecular flexibility index (Phi) is 1.66. The predicted octanol–water partition coefficient (Wildman–Crippen LogP) is 2.12. The van der Waals surface area contributed by atoms with Gasteiger partial charge in [0.15, 0.2) is 0 Å². The molecule has 0 atom stereocenters. The smallest absolute Gasteiger partial charge is 0.271 e. The number of rotatable bonds is 1. The van der Waals surface area contributed by atoms with Crippen molar-refractivity contribution in [1.29, 1.82) is 0 Å². The van der Waals surface area contributed by atoms with Gasteiger partial charge in [-0.15, -0.1) is 0 Å². The molecule has 0 saturated heterocycles. The van der Waals surface area contributed by atoms with E-state index < -0.39 is 4.92 Å². The van der Waals surface area contributed by atoms with E-state index in [1.807, 2.05) is 0 Å². The summed E-state index contributed by atoms with van der Waals surface area (Å²) in [5.74, 6) is 0. The number of aromatic nitrogens is 2. The van der Waals surface area contributed by atoms with Crippen LogP contribution in [-0.2, 0) is 0 Å². The van der Waals surface area contributed by atoms with Crippen LogP contribution in [0.1, 0.15) is 0 Å². The lowest BCUT2D eigenvalue weighted by atomic mass is 10.2. The van der Waals surface area contributed by atoms with Gasteiger partial charge in [0.05, 0.1) is 11.1 Å². The van der Waals surface area contributed by atoms with Gasteiger partial charge in [0.1, 0.15) is 10.5 Å². The second-order valence-corrected chi connectivity index (χ2v) is 2.89. The molecular weight excluding hydrogens is 194 g/mol. The molecule has 1 aromatic carbocycles. The SMILES string of the molecule is O=[N+]([O-])c1c(Cl)ccc2cn[nH]c12. The average molecular weight is 198 g/mol. The van der Waals surface area contributed by atoms with E-state index >= 15 is 0 Å². The zero-order valence-corrected chi connectivity index (χ0v) is 7.08. The fourth-order valence-electron chi connectivity index (χ4n) is 1.15. The highest BCUT2D eigenvalue weighted by Crippen LogP contribution is 2.30. The number of halogens is 1. The summed E-state index contributed by atoms with van der Waals surface area (Å²) in [6.07, 6.45) is 1.51. The summed E-state index contributed by atoms with van der Waals surface area (Å²) in [6.45, 7) is 0. The third-order valence-electron chi connectivity index (χ3n) is 1.72. The summed E-state index contributed by atoms with van der Waals surface area (Å²) in [5, 5.41) is 17.6. The summed E-state index contributed by atoms with van der Waals surface area (Å²) < 4.78 is 0. The van der Waals surface area contributed by atoms with Crippen molar-refractivity contribution in [2.75, 3.05) is 0 Å². The lowest BCUT2D eigenvalue weighted by molar-refractivity contribution is -0.383. The van der Waals surface area contributed by atoms with E-state index in [9.17, 15) is 10.1 Å². The van der Waals surface area contributed by atoms with Crippen molar-refractivity contribution in [2.45, 2.75) is 0 Å². The van der Waals surface area contributed by atoms with Crippen molar-refractivity contribution in [3.05, 3.63) is 33.5 Å². The standard InChI is InChI=1S/C7H4ClN3O2/c8-5-2-1-4-3-9-10-6(4)7(5)11(12)13/h1-3H,(H,9,10). The van der Waals surface area contributed by atoms with Crippen LogP contribution in [0.25, 0.3) is 10.9 Å². The maximum Gasteiger partial charge on any atom is 0.313 e. The molecule has 0 saturated carbocycles. The molecule has 0 fully saturated rings. The Morgan fingerprint density at radius 2 is 2.31 bits per heavy atom. The molecule has 0 aliphatic carbocycles. The first kappa shape index (κ1) is 8.00. The van der Waals surface area contributed by atoms with Crippen LogP contribution in [0, 0.1) is 10.1 Å². The van der Waals surface area contributed by atoms with Crippen molar-refractivity contribution in [3.63, 3.8) is 0 Å². The molecule has 0 amide bonds. The highest BCUT2D eigenvalue weighted by Gasteiger charge is 2.17. The zero-order chi connectivity index (χ0) is 9.42. The molecule has 13 heavy (non-hydrogen) atoms. The number of aromatic amines is 1. The Morgan fingerprint density at radius 1 is 1.54 bits per heavy atom. The van der Waals surface area contributed by atoms with Gasteiger partial charge in [0, 0.05) is 5.39 Å². The van der Waals surface area contributed by atoms with Crippen molar-refractivity contribution >= 4 is 28.2 Å². The number of fused-ring (bicyclic) bond motifs is 1. The molecule has 1 aromatic heterocycles. The molecule has 66 valence electrons. The first-order chi connectivity index (χ1) is 6.20. The second kappa shape index (κ2) is 2.70. The zero-order valence-electron chi connectivity index (χ0n) is 6.32. The number of H-pyrrole nitrogens is 1. The normalized spacial score (nSPS) is 10.5. The Morgan fingerprint density at radius 3 is 3.00 bits per heavy atom. The molecular formula is C7H4ClN3O2. The number of hydrogen-bond acceptors (Lipinski definition) is 3. The third kappa shape index (κ3) is 1.13. The van der Waals surface area contributed by atoms with Gasteiger partial charge in [-0.2, -0.15) is 5.10 Å². The fraction of sp³-hybridized carbons (Fsp3) is 0. The van der Waals surface area contributed by atoms with Crippen LogP contribution >= 0.6 is 11.6 Å². The van der Waals surface area contributed by atoms with E-state index in [2.05, 4.69) is 10.2 Å². The topological polar surface area (TPSA) is 71.8 Å². The molecule has 1 heterocycles. The summed E-state index contributed by atoms with van der Waals surface area (Å²) in [7, 11) is 0. The summed E-state index contributed by atoms with van der Waals surface area (Å²) in [4.78, 5) is 10.1. The van der Waals surface area contributed by atoms with Gasteiger partial charge in [0.2, 0.25) is 0 Å². The van der Waals surface area contributed by atoms with E-state index in [1.54, 1.807) is 6.07 Å². The Bertz CT molecular complexity index is 480. The van der Waals surface area contributed by atoms with Crippen LogP contribution in [-0.4, -0.2) is 15.1 Å². The molecule has 2 rings (SSSR count). The van der Waals surface area contributed by atoms with Crippen molar-refractivity contribution in [1.82, 2.24) is 10.2 Å². The number of nitro groups is 1. The average Bonchev–Trinajstić information content (AvgIpc) is 2.50.